The number of hydrogen-bond acceptors (Lipinski definition) is 2. The summed E-state index contributed by atoms with van der Waals surface area (Å²) >= 11 is 5.99. The molecular weight excluding hydrogens is 196 g/mol. The maximum Gasteiger partial charge on any atom is 0.151 e. The summed E-state index contributed by atoms with van der Waals surface area (Å²) in [6.07, 6.45) is 6.14. The Kier molecular flexibility index (Phi) is 2.55. The van der Waals surface area contributed by atoms with Crippen molar-refractivity contribution in [3.8, 4) is 0 Å². The van der Waals surface area contributed by atoms with Gasteiger partial charge in [-0.15, -0.1) is 0 Å². The molecule has 1 aliphatic rings. The molecule has 0 saturated heterocycles. The number of nitrogens with zero attached hydrogens (tertiary/aromatic N) is 2. The van der Waals surface area contributed by atoms with Crippen molar-refractivity contribution in [3.63, 3.8) is 0 Å². The Balaban J connectivity index is 2.69. The fourth-order valence-electron chi connectivity index (χ4n) is 1.61. The molecule has 0 aliphatic heterocycles. The van der Waals surface area contributed by atoms with Gasteiger partial charge in [0.05, 0.1) is 16.4 Å². The predicted molar refractivity (Wildman–Crippen MR) is 58.4 cm³/mol. The van der Waals surface area contributed by atoms with Gasteiger partial charge in [0.15, 0.2) is 5.15 Å². The van der Waals surface area contributed by atoms with Crippen molar-refractivity contribution >= 4 is 23.8 Å². The van der Waals surface area contributed by atoms with E-state index in [1.807, 2.05) is 6.92 Å². The van der Waals surface area contributed by atoms with Gasteiger partial charge in [0.25, 0.3) is 0 Å². The van der Waals surface area contributed by atoms with Crippen LogP contribution < -0.4 is 10.7 Å². The molecule has 0 amide bonds. The van der Waals surface area contributed by atoms with Crippen LogP contribution >= 0.6 is 11.6 Å². The first-order valence-corrected chi connectivity index (χ1v) is 5.33. The molecule has 3 heteroatoms. The second kappa shape index (κ2) is 3.70. The van der Waals surface area contributed by atoms with Gasteiger partial charge < -0.3 is 0 Å². The van der Waals surface area contributed by atoms with Gasteiger partial charge in [0.2, 0.25) is 0 Å². The van der Waals surface area contributed by atoms with E-state index in [0.29, 0.717) is 11.1 Å². The molecule has 2 nitrogen and oxygen atoms in total. The molecule has 0 fully saturated rings. The number of fused-ring (bicyclic) bond motifs is 1. The van der Waals surface area contributed by atoms with Crippen molar-refractivity contribution in [2.45, 2.75) is 26.7 Å². The Morgan fingerprint density at radius 1 is 1.43 bits per heavy atom. The summed E-state index contributed by atoms with van der Waals surface area (Å²) < 4.78 is 0. The van der Waals surface area contributed by atoms with Crippen LogP contribution in [-0.2, 0) is 6.42 Å². The van der Waals surface area contributed by atoms with Crippen LogP contribution in [0.2, 0.25) is 5.15 Å². The molecule has 1 aliphatic carbocycles. The van der Waals surface area contributed by atoms with Gasteiger partial charge in [-0.3, -0.25) is 0 Å². The highest BCUT2D eigenvalue weighted by atomic mass is 35.5. The van der Waals surface area contributed by atoms with Crippen LogP contribution in [0.15, 0.2) is 0 Å². The van der Waals surface area contributed by atoms with Gasteiger partial charge in [0, 0.05) is 0 Å². The largest absolute Gasteiger partial charge is 0.248 e. The number of aromatic nitrogens is 2. The second-order valence-electron chi connectivity index (χ2n) is 3.67. The molecule has 1 unspecified atom stereocenters. The molecule has 1 heterocycles. The van der Waals surface area contributed by atoms with Crippen molar-refractivity contribution < 1.29 is 0 Å². The molecule has 1 aromatic heterocycles. The molecule has 0 bridgehead atoms. The van der Waals surface area contributed by atoms with Gasteiger partial charge in [-0.2, -0.15) is 0 Å². The third kappa shape index (κ3) is 1.67. The Morgan fingerprint density at radius 3 is 2.93 bits per heavy atom. The average molecular weight is 209 g/mol. The topological polar surface area (TPSA) is 25.8 Å². The minimum Gasteiger partial charge on any atom is -0.248 e. The summed E-state index contributed by atoms with van der Waals surface area (Å²) in [5.41, 5.74) is 0.893. The smallest absolute Gasteiger partial charge is 0.151 e. The summed E-state index contributed by atoms with van der Waals surface area (Å²) in [6, 6.07) is 0. The Bertz CT molecular complexity index is 465. The quantitative estimate of drug-likeness (QED) is 0.695. The van der Waals surface area contributed by atoms with E-state index < -0.39 is 0 Å². The average Bonchev–Trinajstić information content (AvgIpc) is 2.17. The normalized spacial score (nSPS) is 19.5. The van der Waals surface area contributed by atoms with Crippen molar-refractivity contribution in [3.05, 3.63) is 21.5 Å². The summed E-state index contributed by atoms with van der Waals surface area (Å²) in [5.74, 6) is 0.558. The Morgan fingerprint density at radius 2 is 2.21 bits per heavy atom. The van der Waals surface area contributed by atoms with Crippen molar-refractivity contribution in [2.24, 2.45) is 5.92 Å². The molecule has 0 radical (unpaired) electrons. The summed E-state index contributed by atoms with van der Waals surface area (Å²) in [6.45, 7) is 4.22. The Labute approximate surface area is 88.3 Å². The van der Waals surface area contributed by atoms with Gasteiger partial charge in [0.1, 0.15) is 0 Å². The fraction of sp³-hybridized carbons (Fsp3) is 0.455. The summed E-state index contributed by atoms with van der Waals surface area (Å²) in [4.78, 5) is 8.84. The van der Waals surface area contributed by atoms with Gasteiger partial charge in [-0.05, 0) is 18.8 Å². The van der Waals surface area contributed by atoms with Crippen LogP contribution in [-0.4, -0.2) is 9.97 Å². The van der Waals surface area contributed by atoms with Crippen molar-refractivity contribution in [2.75, 3.05) is 0 Å². The number of aryl methyl sites for hydroxylation is 1. The first kappa shape index (κ1) is 9.66. The summed E-state index contributed by atoms with van der Waals surface area (Å²) in [5, 5.41) is 2.47. The zero-order chi connectivity index (χ0) is 10.1. The lowest BCUT2D eigenvalue weighted by Crippen LogP contribution is -2.35. The minimum absolute atomic E-state index is 0.547. The van der Waals surface area contributed by atoms with Crippen LogP contribution in [0.5, 0.6) is 0 Å². The molecule has 0 spiro atoms. The van der Waals surface area contributed by atoms with E-state index in [2.05, 4.69) is 29.0 Å². The van der Waals surface area contributed by atoms with Gasteiger partial charge in [-0.25, -0.2) is 9.97 Å². The molecule has 14 heavy (non-hydrogen) atoms. The monoisotopic (exact) mass is 208 g/mol. The summed E-state index contributed by atoms with van der Waals surface area (Å²) in [7, 11) is 0. The number of halogens is 1. The lowest BCUT2D eigenvalue weighted by Gasteiger charge is -2.07. The SMILES string of the molecule is CCc1nc2c(nc1Cl)=CCC(C)C=2. The van der Waals surface area contributed by atoms with E-state index in [1.54, 1.807) is 0 Å². The first-order valence-electron chi connectivity index (χ1n) is 4.95. The van der Waals surface area contributed by atoms with Crippen LogP contribution in [0.4, 0.5) is 0 Å². The van der Waals surface area contributed by atoms with Crippen LogP contribution in [0.1, 0.15) is 26.0 Å². The molecule has 0 N–H and O–H groups in total. The van der Waals surface area contributed by atoms with Crippen LogP contribution in [0.3, 0.4) is 0 Å². The van der Waals surface area contributed by atoms with Gasteiger partial charge in [-0.1, -0.05) is 37.6 Å². The fourth-order valence-corrected chi connectivity index (χ4v) is 1.88. The van der Waals surface area contributed by atoms with E-state index >= 15 is 0 Å². The minimum atomic E-state index is 0.547. The first-order chi connectivity index (χ1) is 6.70. The molecular formula is C11H13ClN2. The highest BCUT2D eigenvalue weighted by Crippen LogP contribution is 2.09. The maximum absolute atomic E-state index is 5.99. The van der Waals surface area contributed by atoms with E-state index in [9.17, 15) is 0 Å². The van der Waals surface area contributed by atoms with Crippen LogP contribution in [0, 0.1) is 5.92 Å². The maximum atomic E-state index is 5.99. The Hall–Kier alpha value is -0.890. The molecule has 0 saturated carbocycles. The standard InChI is InChI=1S/C11H13ClN2/c1-3-8-11(12)14-9-5-4-7(2)6-10(9)13-8/h5-7H,3-4H2,1-2H3. The van der Waals surface area contributed by atoms with Crippen molar-refractivity contribution in [1.82, 2.24) is 9.97 Å². The van der Waals surface area contributed by atoms with Crippen molar-refractivity contribution in [1.29, 1.82) is 0 Å². The lowest BCUT2D eigenvalue weighted by molar-refractivity contribution is 0.784. The zero-order valence-electron chi connectivity index (χ0n) is 8.42. The van der Waals surface area contributed by atoms with E-state index in [0.717, 1.165) is 29.2 Å². The number of rotatable bonds is 1. The molecule has 74 valence electrons. The number of hydrogen-bond donors (Lipinski definition) is 0. The molecule has 1 atom stereocenters. The highest BCUT2D eigenvalue weighted by molar-refractivity contribution is 6.29. The van der Waals surface area contributed by atoms with Gasteiger partial charge >= 0.3 is 0 Å². The molecule has 1 aromatic rings. The third-order valence-electron chi connectivity index (χ3n) is 2.43. The third-order valence-corrected chi connectivity index (χ3v) is 2.74. The van der Waals surface area contributed by atoms with E-state index in [-0.39, 0.29) is 0 Å². The second-order valence-corrected chi connectivity index (χ2v) is 4.03. The van der Waals surface area contributed by atoms with E-state index in [4.69, 9.17) is 11.6 Å². The molecule has 2 rings (SSSR count). The molecule has 0 aromatic carbocycles. The van der Waals surface area contributed by atoms with E-state index in [1.165, 1.54) is 0 Å². The zero-order valence-corrected chi connectivity index (χ0v) is 9.17. The lowest BCUT2D eigenvalue weighted by atomic mass is 10.0. The highest BCUT2D eigenvalue weighted by Gasteiger charge is 2.06. The predicted octanol–water partition coefficient (Wildman–Crippen LogP) is 1.29. The van der Waals surface area contributed by atoms with Crippen LogP contribution in [0.25, 0.3) is 12.2 Å².